The van der Waals surface area contributed by atoms with Crippen LogP contribution in [0.15, 0.2) is 22.7 Å². The number of piperazine rings is 1. The highest BCUT2D eigenvalue weighted by Crippen LogP contribution is 2.16. The number of rotatable bonds is 2. The highest BCUT2D eigenvalue weighted by atomic mass is 79.9. The molecule has 1 aromatic rings. The van der Waals surface area contributed by atoms with Gasteiger partial charge in [0.15, 0.2) is 0 Å². The predicted octanol–water partition coefficient (Wildman–Crippen LogP) is 0.423. The molecule has 0 spiro atoms. The van der Waals surface area contributed by atoms with Gasteiger partial charge in [0, 0.05) is 18.4 Å². The molecule has 1 aromatic carbocycles. The number of hydrogen-bond acceptors (Lipinski definition) is 0. The average Bonchev–Trinajstić information content (AvgIpc) is 2.86. The Kier molecular flexibility index (Phi) is 3.92. The molecule has 4 heteroatoms. The Morgan fingerprint density at radius 1 is 1.32 bits per heavy atom. The van der Waals surface area contributed by atoms with Crippen LogP contribution in [0.25, 0.3) is 0 Å². The van der Waals surface area contributed by atoms with E-state index in [-0.39, 0.29) is 5.82 Å². The Bertz CT molecular complexity index is 465. The maximum absolute atomic E-state index is 13.3. The third kappa shape index (κ3) is 2.71. The molecule has 104 valence electrons. The lowest BCUT2D eigenvalue weighted by Crippen LogP contribution is -3.31. The Morgan fingerprint density at radius 2 is 2.16 bits per heavy atom. The van der Waals surface area contributed by atoms with Crippen molar-refractivity contribution in [1.82, 2.24) is 0 Å². The third-order valence-electron chi connectivity index (χ3n) is 4.97. The molecule has 3 rings (SSSR count). The lowest BCUT2D eigenvalue weighted by atomic mass is 10.0. The topological polar surface area (TPSA) is 8.88 Å². The molecule has 4 atom stereocenters. The minimum atomic E-state index is -0.170. The van der Waals surface area contributed by atoms with Gasteiger partial charge in [-0.1, -0.05) is 6.07 Å². The summed E-state index contributed by atoms with van der Waals surface area (Å²) in [5.41, 5.74) is 1.23. The number of fused-ring (bicyclic) bond motifs is 1. The van der Waals surface area contributed by atoms with Crippen molar-refractivity contribution >= 4 is 15.9 Å². The van der Waals surface area contributed by atoms with Crippen LogP contribution in [0.1, 0.15) is 25.3 Å². The van der Waals surface area contributed by atoms with Gasteiger partial charge >= 0.3 is 0 Å². The van der Waals surface area contributed by atoms with Crippen LogP contribution >= 0.6 is 15.9 Å². The van der Waals surface area contributed by atoms with E-state index in [0.717, 1.165) is 18.6 Å². The highest BCUT2D eigenvalue weighted by molar-refractivity contribution is 9.10. The summed E-state index contributed by atoms with van der Waals surface area (Å²) in [4.78, 5) is 3.48. The first kappa shape index (κ1) is 13.5. The SMILES string of the molecule is C[C@H]1[C@@H]2CCC[NH+]2CC[NH+]1Cc1ccc(F)c(Br)c1. The summed E-state index contributed by atoms with van der Waals surface area (Å²) < 4.78 is 13.9. The maximum Gasteiger partial charge on any atom is 0.140 e. The number of nitrogens with one attached hydrogen (secondary N) is 2. The molecule has 0 aliphatic carbocycles. The summed E-state index contributed by atoms with van der Waals surface area (Å²) >= 11 is 3.28. The minimum absolute atomic E-state index is 0.170. The van der Waals surface area contributed by atoms with Crippen molar-refractivity contribution in [3.05, 3.63) is 34.1 Å². The summed E-state index contributed by atoms with van der Waals surface area (Å²) in [5, 5.41) is 0. The molecule has 0 aromatic heterocycles. The number of quaternary nitrogens is 2. The number of hydrogen-bond donors (Lipinski definition) is 2. The standard InChI is InChI=1S/C15H20BrFN2/c1-11-15-3-2-6-18(15)7-8-19(11)10-12-4-5-14(17)13(16)9-12/h4-5,9,11,15H,2-3,6-8,10H2,1H3/p+2/t11-,15-/m0/s1. The average molecular weight is 329 g/mol. The van der Waals surface area contributed by atoms with Gasteiger partial charge in [-0.3, -0.25) is 0 Å². The Hall–Kier alpha value is -0.450. The molecule has 2 saturated heterocycles. The third-order valence-corrected chi connectivity index (χ3v) is 5.58. The van der Waals surface area contributed by atoms with Crippen molar-refractivity contribution in [2.24, 2.45) is 0 Å². The molecular formula is C15H22BrFN2+2. The zero-order valence-electron chi connectivity index (χ0n) is 11.4. The van der Waals surface area contributed by atoms with Crippen molar-refractivity contribution in [3.8, 4) is 0 Å². The fraction of sp³-hybridized carbons (Fsp3) is 0.600. The second-order valence-corrected chi connectivity index (χ2v) is 6.88. The molecule has 2 nitrogen and oxygen atoms in total. The molecule has 0 bridgehead atoms. The molecule has 0 saturated carbocycles. The lowest BCUT2D eigenvalue weighted by Gasteiger charge is -2.37. The second-order valence-electron chi connectivity index (χ2n) is 6.03. The number of halogens is 2. The summed E-state index contributed by atoms with van der Waals surface area (Å²) in [6, 6.07) is 6.99. The van der Waals surface area contributed by atoms with Crippen molar-refractivity contribution in [2.45, 2.75) is 38.4 Å². The smallest absolute Gasteiger partial charge is 0.140 e. The van der Waals surface area contributed by atoms with Gasteiger partial charge in [0.2, 0.25) is 0 Å². The van der Waals surface area contributed by atoms with Crippen molar-refractivity contribution < 1.29 is 14.2 Å². The zero-order valence-corrected chi connectivity index (χ0v) is 13.0. The van der Waals surface area contributed by atoms with Gasteiger partial charge in [0.1, 0.15) is 37.5 Å². The van der Waals surface area contributed by atoms with E-state index in [0.29, 0.717) is 4.47 Å². The first-order chi connectivity index (χ1) is 9.15. The van der Waals surface area contributed by atoms with E-state index in [1.54, 1.807) is 11.0 Å². The molecule has 0 amide bonds. The fourth-order valence-corrected chi connectivity index (χ4v) is 4.27. The van der Waals surface area contributed by atoms with Gasteiger partial charge in [-0.2, -0.15) is 0 Å². The molecule has 0 radical (unpaired) electrons. The van der Waals surface area contributed by atoms with E-state index in [9.17, 15) is 4.39 Å². The summed E-state index contributed by atoms with van der Waals surface area (Å²) in [7, 11) is 0. The van der Waals surface area contributed by atoms with Crippen LogP contribution in [0.3, 0.4) is 0 Å². The van der Waals surface area contributed by atoms with Crippen LogP contribution in [0.4, 0.5) is 4.39 Å². The number of benzene rings is 1. The van der Waals surface area contributed by atoms with Crippen LogP contribution in [0.5, 0.6) is 0 Å². The van der Waals surface area contributed by atoms with Crippen LogP contribution in [-0.4, -0.2) is 31.7 Å². The van der Waals surface area contributed by atoms with Crippen molar-refractivity contribution in [2.75, 3.05) is 19.6 Å². The van der Waals surface area contributed by atoms with Crippen LogP contribution in [-0.2, 0) is 6.54 Å². The molecule has 2 N–H and O–H groups in total. The maximum atomic E-state index is 13.3. The molecule has 2 aliphatic rings. The molecule has 2 unspecified atom stereocenters. The Labute approximate surface area is 122 Å². The van der Waals surface area contributed by atoms with Crippen molar-refractivity contribution in [1.29, 1.82) is 0 Å². The van der Waals surface area contributed by atoms with Gasteiger partial charge in [0.25, 0.3) is 0 Å². The van der Waals surface area contributed by atoms with Gasteiger partial charge in [-0.15, -0.1) is 0 Å². The summed E-state index contributed by atoms with van der Waals surface area (Å²) in [6.07, 6.45) is 2.77. The Morgan fingerprint density at radius 3 is 2.95 bits per heavy atom. The fourth-order valence-electron chi connectivity index (χ4n) is 3.85. The quantitative estimate of drug-likeness (QED) is 0.778. The predicted molar refractivity (Wildman–Crippen MR) is 76.8 cm³/mol. The first-order valence-corrected chi connectivity index (χ1v) is 8.07. The van der Waals surface area contributed by atoms with E-state index in [1.165, 1.54) is 38.0 Å². The van der Waals surface area contributed by atoms with E-state index in [1.807, 2.05) is 17.0 Å². The lowest BCUT2D eigenvalue weighted by molar-refractivity contribution is -1.05. The highest BCUT2D eigenvalue weighted by Gasteiger charge is 2.42. The van der Waals surface area contributed by atoms with Gasteiger partial charge < -0.3 is 9.80 Å². The summed E-state index contributed by atoms with van der Waals surface area (Å²) in [6.45, 7) is 7.31. The van der Waals surface area contributed by atoms with Gasteiger partial charge in [-0.05, 0) is 35.0 Å². The zero-order chi connectivity index (χ0) is 13.4. The minimum Gasteiger partial charge on any atom is -0.323 e. The Balaban J connectivity index is 1.70. The van der Waals surface area contributed by atoms with E-state index in [2.05, 4.69) is 22.9 Å². The normalized spacial score (nSPS) is 34.3. The monoisotopic (exact) mass is 328 g/mol. The van der Waals surface area contributed by atoms with E-state index >= 15 is 0 Å². The van der Waals surface area contributed by atoms with Crippen LogP contribution in [0, 0.1) is 5.82 Å². The second kappa shape index (κ2) is 5.51. The summed E-state index contributed by atoms with van der Waals surface area (Å²) in [5.74, 6) is -0.170. The molecule has 19 heavy (non-hydrogen) atoms. The van der Waals surface area contributed by atoms with Crippen molar-refractivity contribution in [3.63, 3.8) is 0 Å². The molecular weight excluding hydrogens is 307 g/mol. The van der Waals surface area contributed by atoms with Crippen LogP contribution in [0.2, 0.25) is 0 Å². The van der Waals surface area contributed by atoms with E-state index in [4.69, 9.17) is 0 Å². The largest absolute Gasteiger partial charge is 0.323 e. The van der Waals surface area contributed by atoms with E-state index < -0.39 is 0 Å². The molecule has 2 heterocycles. The van der Waals surface area contributed by atoms with Gasteiger partial charge in [0.05, 0.1) is 11.0 Å². The molecule has 2 fully saturated rings. The van der Waals surface area contributed by atoms with Crippen LogP contribution < -0.4 is 9.80 Å². The van der Waals surface area contributed by atoms with Gasteiger partial charge in [-0.25, -0.2) is 4.39 Å². The molecule has 2 aliphatic heterocycles. The first-order valence-electron chi connectivity index (χ1n) is 7.28.